The monoisotopic (exact) mass is 466 g/mol. The van der Waals surface area contributed by atoms with Crippen LogP contribution in [-0.2, 0) is 29.2 Å². The number of aromatic nitrogens is 2. The van der Waals surface area contributed by atoms with Crippen LogP contribution in [0.15, 0.2) is 18.2 Å². The van der Waals surface area contributed by atoms with E-state index in [1.165, 1.54) is 18.2 Å². The van der Waals surface area contributed by atoms with Gasteiger partial charge in [0.1, 0.15) is 6.73 Å². The number of carbonyl (C=O) groups is 1. The van der Waals surface area contributed by atoms with E-state index in [9.17, 15) is 14.3 Å². The molecule has 2 rings (SSSR count). The Kier molecular flexibility index (Phi) is 9.86. The van der Waals surface area contributed by atoms with Crippen LogP contribution in [0.25, 0.3) is 0 Å². The summed E-state index contributed by atoms with van der Waals surface area (Å²) in [4.78, 5) is 11.8. The van der Waals surface area contributed by atoms with E-state index < -0.39 is 19.9 Å². The molecule has 0 bridgehead atoms. The number of hydrogen-bond donors (Lipinski definition) is 1. The maximum Gasteiger partial charge on any atom is 0.338 e. The van der Waals surface area contributed by atoms with Gasteiger partial charge < -0.3 is 19.3 Å². The van der Waals surface area contributed by atoms with E-state index in [0.717, 1.165) is 23.0 Å². The molecule has 0 fully saturated rings. The first-order chi connectivity index (χ1) is 15.2. The molecule has 0 aliphatic carbocycles. The maximum absolute atomic E-state index is 14.0. The van der Waals surface area contributed by atoms with Gasteiger partial charge in [-0.15, -0.1) is 0 Å². The van der Waals surface area contributed by atoms with Gasteiger partial charge in [-0.05, 0) is 56.5 Å². The third kappa shape index (κ3) is 7.72. The van der Waals surface area contributed by atoms with Crippen LogP contribution in [0.1, 0.15) is 40.7 Å². The zero-order valence-corrected chi connectivity index (χ0v) is 20.7. The second-order valence-corrected chi connectivity index (χ2v) is 14.5. The van der Waals surface area contributed by atoms with Crippen molar-refractivity contribution in [3.8, 4) is 5.75 Å². The van der Waals surface area contributed by atoms with E-state index in [4.69, 9.17) is 14.2 Å². The summed E-state index contributed by atoms with van der Waals surface area (Å²) in [5.41, 5.74) is 2.76. The van der Waals surface area contributed by atoms with Crippen molar-refractivity contribution in [2.45, 2.75) is 65.7 Å². The van der Waals surface area contributed by atoms with E-state index in [1.54, 1.807) is 11.6 Å². The van der Waals surface area contributed by atoms with Crippen molar-refractivity contribution >= 4 is 14.0 Å². The lowest BCUT2D eigenvalue weighted by atomic mass is 10.1. The van der Waals surface area contributed by atoms with Gasteiger partial charge in [-0.2, -0.15) is 5.10 Å². The summed E-state index contributed by atoms with van der Waals surface area (Å²) in [6.45, 7) is 11.9. The molecular formula is C23H35FN2O5Si. The maximum atomic E-state index is 14.0. The number of hydrogen-bond acceptors (Lipinski definition) is 6. The number of rotatable bonds is 13. The zero-order chi connectivity index (χ0) is 23.7. The van der Waals surface area contributed by atoms with Crippen molar-refractivity contribution in [3.63, 3.8) is 0 Å². The van der Waals surface area contributed by atoms with Gasteiger partial charge in [-0.1, -0.05) is 19.6 Å². The van der Waals surface area contributed by atoms with Crippen molar-refractivity contribution < 1.29 is 28.5 Å². The van der Waals surface area contributed by atoms with E-state index in [1.807, 2.05) is 6.92 Å². The van der Waals surface area contributed by atoms with Crippen LogP contribution in [0, 0.1) is 12.7 Å². The van der Waals surface area contributed by atoms with Gasteiger partial charge in [0.2, 0.25) is 0 Å². The SMILES string of the molecule is CCOC(=O)c1ccc(F)c(OCCCc2c(C)nn(COCC[Si](C)(C)C)c2CO)c1. The molecule has 0 atom stereocenters. The van der Waals surface area contributed by atoms with Crippen LogP contribution in [0.4, 0.5) is 4.39 Å². The summed E-state index contributed by atoms with van der Waals surface area (Å²) in [7, 11) is -1.16. The molecule has 0 saturated heterocycles. The molecule has 1 aromatic heterocycles. The van der Waals surface area contributed by atoms with Crippen molar-refractivity contribution in [1.29, 1.82) is 0 Å². The van der Waals surface area contributed by atoms with Gasteiger partial charge in [0.25, 0.3) is 0 Å². The lowest BCUT2D eigenvalue weighted by Crippen LogP contribution is -2.22. The Balaban J connectivity index is 1.92. The fourth-order valence-electron chi connectivity index (χ4n) is 3.19. The van der Waals surface area contributed by atoms with Crippen LogP contribution in [0.2, 0.25) is 25.7 Å². The molecule has 0 aliphatic heterocycles. The standard InChI is InChI=1S/C23H35FN2O5Si/c1-6-30-23(28)18-9-10-20(24)22(14-18)31-11-7-8-19-17(2)25-26(21(19)15-27)16-29-12-13-32(3,4)5/h9-10,14,27H,6-8,11-13,15-16H2,1-5H3. The smallest absolute Gasteiger partial charge is 0.338 e. The first-order valence-corrected chi connectivity index (χ1v) is 14.7. The van der Waals surface area contributed by atoms with Gasteiger partial charge in [0.15, 0.2) is 11.6 Å². The fraction of sp³-hybridized carbons (Fsp3) is 0.565. The van der Waals surface area contributed by atoms with Crippen molar-refractivity contribution in [1.82, 2.24) is 9.78 Å². The van der Waals surface area contributed by atoms with E-state index in [2.05, 4.69) is 24.7 Å². The van der Waals surface area contributed by atoms with Gasteiger partial charge in [-0.25, -0.2) is 13.9 Å². The van der Waals surface area contributed by atoms with Crippen LogP contribution in [0.5, 0.6) is 5.75 Å². The second kappa shape index (κ2) is 12.1. The minimum atomic E-state index is -1.16. The number of halogens is 1. The molecule has 7 nitrogen and oxygen atoms in total. The average molecular weight is 467 g/mol. The molecule has 1 N–H and O–H groups in total. The van der Waals surface area contributed by atoms with Crippen LogP contribution >= 0.6 is 0 Å². The number of aliphatic hydroxyl groups excluding tert-OH is 1. The molecule has 9 heteroatoms. The van der Waals surface area contributed by atoms with Gasteiger partial charge in [0, 0.05) is 14.7 Å². The van der Waals surface area contributed by atoms with Crippen LogP contribution < -0.4 is 4.74 Å². The summed E-state index contributed by atoms with van der Waals surface area (Å²) in [5.74, 6) is -1.03. The largest absolute Gasteiger partial charge is 0.490 e. The van der Waals surface area contributed by atoms with Crippen LogP contribution in [0.3, 0.4) is 0 Å². The number of carbonyl (C=O) groups excluding carboxylic acids is 1. The fourth-order valence-corrected chi connectivity index (χ4v) is 3.95. The number of aryl methyl sites for hydroxylation is 1. The van der Waals surface area contributed by atoms with Gasteiger partial charge in [-0.3, -0.25) is 0 Å². The molecule has 0 amide bonds. The van der Waals surface area contributed by atoms with E-state index >= 15 is 0 Å². The highest BCUT2D eigenvalue weighted by atomic mass is 28.3. The van der Waals surface area contributed by atoms with E-state index in [0.29, 0.717) is 26.2 Å². The highest BCUT2D eigenvalue weighted by Crippen LogP contribution is 2.21. The van der Waals surface area contributed by atoms with Crippen molar-refractivity contribution in [2.75, 3.05) is 19.8 Å². The Morgan fingerprint density at radius 3 is 2.66 bits per heavy atom. The quantitative estimate of drug-likeness (QED) is 0.269. The number of benzene rings is 1. The molecule has 32 heavy (non-hydrogen) atoms. The topological polar surface area (TPSA) is 82.8 Å². The summed E-state index contributed by atoms with van der Waals surface area (Å²) in [5, 5.41) is 14.4. The molecule has 0 saturated carbocycles. The molecule has 0 radical (unpaired) electrons. The molecule has 178 valence electrons. The third-order valence-electron chi connectivity index (χ3n) is 5.00. The molecule has 0 aliphatic rings. The lowest BCUT2D eigenvalue weighted by molar-refractivity contribution is 0.0525. The Morgan fingerprint density at radius 1 is 1.25 bits per heavy atom. The predicted molar refractivity (Wildman–Crippen MR) is 123 cm³/mol. The summed E-state index contributed by atoms with van der Waals surface area (Å²) < 4.78 is 32.0. The zero-order valence-electron chi connectivity index (χ0n) is 19.7. The molecule has 1 heterocycles. The Morgan fingerprint density at radius 2 is 2.00 bits per heavy atom. The van der Waals surface area contributed by atoms with Crippen LogP contribution in [-0.4, -0.2) is 48.8 Å². The number of aliphatic hydroxyl groups is 1. The minimum absolute atomic E-state index is 0.0150. The van der Waals surface area contributed by atoms with Crippen molar-refractivity contribution in [3.05, 3.63) is 46.5 Å². The summed E-state index contributed by atoms with van der Waals surface area (Å²) in [6, 6.07) is 4.99. The Bertz CT molecular complexity index is 895. The molecule has 0 spiro atoms. The molecule has 2 aromatic rings. The van der Waals surface area contributed by atoms with Gasteiger partial charge in [0.05, 0.1) is 36.8 Å². The number of ether oxygens (including phenoxy) is 3. The normalized spacial score (nSPS) is 11.6. The molecule has 0 unspecified atom stereocenters. The lowest BCUT2D eigenvalue weighted by Gasteiger charge is -2.15. The number of esters is 1. The average Bonchev–Trinajstić information content (AvgIpc) is 3.03. The van der Waals surface area contributed by atoms with E-state index in [-0.39, 0.29) is 31.1 Å². The minimum Gasteiger partial charge on any atom is -0.490 e. The predicted octanol–water partition coefficient (Wildman–Crippen LogP) is 4.32. The highest BCUT2D eigenvalue weighted by molar-refractivity contribution is 6.76. The van der Waals surface area contributed by atoms with Crippen molar-refractivity contribution in [2.24, 2.45) is 0 Å². The highest BCUT2D eigenvalue weighted by Gasteiger charge is 2.16. The second-order valence-electron chi connectivity index (χ2n) is 8.83. The molecular weight excluding hydrogens is 431 g/mol. The molecule has 1 aromatic carbocycles. The Hall–Kier alpha value is -2.23. The summed E-state index contributed by atoms with van der Waals surface area (Å²) >= 11 is 0. The number of nitrogens with zero attached hydrogens (tertiary/aromatic N) is 2. The summed E-state index contributed by atoms with van der Waals surface area (Å²) in [6.07, 6.45) is 1.22. The van der Waals surface area contributed by atoms with Gasteiger partial charge >= 0.3 is 5.97 Å². The third-order valence-corrected chi connectivity index (χ3v) is 6.70. The first kappa shape index (κ1) is 26.0. The first-order valence-electron chi connectivity index (χ1n) is 11.0. The Labute approximate surface area is 190 Å².